The van der Waals surface area contributed by atoms with E-state index in [-0.39, 0.29) is 30.7 Å². The average molecular weight is 413 g/mol. The Bertz CT molecular complexity index is 745. The van der Waals surface area contributed by atoms with Crippen LogP contribution in [-0.4, -0.2) is 37.7 Å². The lowest BCUT2D eigenvalue weighted by Gasteiger charge is -2.19. The number of carbonyl (C=O) groups is 2. The molecular formula is C25H32O5. The van der Waals surface area contributed by atoms with Gasteiger partial charge < -0.3 is 14.2 Å². The number of ether oxygens (including phenoxy) is 3. The Morgan fingerprint density at radius 1 is 0.833 bits per heavy atom. The Labute approximate surface area is 179 Å². The van der Waals surface area contributed by atoms with E-state index >= 15 is 0 Å². The summed E-state index contributed by atoms with van der Waals surface area (Å²) < 4.78 is 16.7. The van der Waals surface area contributed by atoms with Gasteiger partial charge in [-0.3, -0.25) is 9.59 Å². The van der Waals surface area contributed by atoms with Gasteiger partial charge in [-0.1, -0.05) is 60.7 Å². The fourth-order valence-corrected chi connectivity index (χ4v) is 3.20. The molecule has 5 heteroatoms. The van der Waals surface area contributed by atoms with E-state index in [0.29, 0.717) is 19.6 Å². The number of benzene rings is 2. The minimum absolute atomic E-state index is 0.0109. The topological polar surface area (TPSA) is 61.8 Å². The molecule has 0 heterocycles. The molecule has 0 aliphatic rings. The largest absolute Gasteiger partial charge is 0.462 e. The molecule has 0 amide bonds. The number of ketones is 1. The molecule has 2 aromatic carbocycles. The summed E-state index contributed by atoms with van der Waals surface area (Å²) in [6, 6.07) is 20.0. The maximum atomic E-state index is 12.4. The van der Waals surface area contributed by atoms with E-state index in [1.165, 1.54) is 12.5 Å². The van der Waals surface area contributed by atoms with Crippen LogP contribution in [0.15, 0.2) is 60.7 Å². The van der Waals surface area contributed by atoms with Crippen LogP contribution < -0.4 is 0 Å². The molecule has 0 bridgehead atoms. The molecule has 2 aromatic rings. The summed E-state index contributed by atoms with van der Waals surface area (Å²) in [7, 11) is 1.60. The van der Waals surface area contributed by atoms with Gasteiger partial charge in [0.25, 0.3) is 0 Å². The Hall–Kier alpha value is -2.50. The molecule has 2 atom stereocenters. The van der Waals surface area contributed by atoms with Crippen LogP contribution in [0.4, 0.5) is 0 Å². The van der Waals surface area contributed by atoms with E-state index < -0.39 is 6.10 Å². The van der Waals surface area contributed by atoms with Crippen molar-refractivity contribution in [3.63, 3.8) is 0 Å². The summed E-state index contributed by atoms with van der Waals surface area (Å²) >= 11 is 0. The number of aryl methyl sites for hydroxylation is 1. The molecule has 0 N–H and O–H groups in total. The van der Waals surface area contributed by atoms with Gasteiger partial charge in [-0.2, -0.15) is 0 Å². The Morgan fingerprint density at radius 2 is 1.47 bits per heavy atom. The summed E-state index contributed by atoms with van der Waals surface area (Å²) in [4.78, 5) is 24.0. The monoisotopic (exact) mass is 412 g/mol. The van der Waals surface area contributed by atoms with E-state index in [2.05, 4.69) is 12.1 Å². The first-order chi connectivity index (χ1) is 14.6. The van der Waals surface area contributed by atoms with E-state index in [1.54, 1.807) is 7.11 Å². The lowest BCUT2D eigenvalue weighted by atomic mass is 10.0. The molecule has 162 valence electrons. The molecule has 0 aliphatic heterocycles. The predicted octanol–water partition coefficient (Wildman–Crippen LogP) is 4.52. The molecule has 0 saturated heterocycles. The molecule has 2 rings (SSSR count). The lowest BCUT2D eigenvalue weighted by Crippen LogP contribution is -2.26. The molecule has 30 heavy (non-hydrogen) atoms. The molecule has 0 aliphatic carbocycles. The van der Waals surface area contributed by atoms with Gasteiger partial charge in [-0.05, 0) is 30.9 Å². The Balaban J connectivity index is 1.75. The summed E-state index contributed by atoms with van der Waals surface area (Å²) in [5.41, 5.74) is 2.29. The third-order valence-corrected chi connectivity index (χ3v) is 4.83. The second-order valence-electron chi connectivity index (χ2n) is 7.43. The SMILES string of the molecule is COC(CCc1ccccc1)CC(=O)OC(CCOCc1ccccc1)CC(C)=O. The highest BCUT2D eigenvalue weighted by Crippen LogP contribution is 2.14. The zero-order valence-electron chi connectivity index (χ0n) is 17.9. The third-order valence-electron chi connectivity index (χ3n) is 4.83. The lowest BCUT2D eigenvalue weighted by molar-refractivity contribution is -0.153. The van der Waals surface area contributed by atoms with Gasteiger partial charge in [0.1, 0.15) is 11.9 Å². The van der Waals surface area contributed by atoms with Crippen molar-refractivity contribution < 1.29 is 23.8 Å². The smallest absolute Gasteiger partial charge is 0.308 e. The Kier molecular flexibility index (Phi) is 10.8. The first kappa shape index (κ1) is 23.8. The number of esters is 1. The highest BCUT2D eigenvalue weighted by molar-refractivity contribution is 5.77. The van der Waals surface area contributed by atoms with Gasteiger partial charge in [0.15, 0.2) is 0 Å². The van der Waals surface area contributed by atoms with Gasteiger partial charge in [0.05, 0.1) is 25.7 Å². The number of methoxy groups -OCH3 is 1. The second-order valence-corrected chi connectivity index (χ2v) is 7.43. The third kappa shape index (κ3) is 9.81. The van der Waals surface area contributed by atoms with Crippen molar-refractivity contribution in [1.82, 2.24) is 0 Å². The molecule has 0 saturated carbocycles. The van der Waals surface area contributed by atoms with Crippen molar-refractivity contribution in [1.29, 1.82) is 0 Å². The minimum atomic E-state index is -0.475. The highest BCUT2D eigenvalue weighted by Gasteiger charge is 2.20. The van der Waals surface area contributed by atoms with Crippen molar-refractivity contribution >= 4 is 11.8 Å². The van der Waals surface area contributed by atoms with E-state index in [9.17, 15) is 9.59 Å². The van der Waals surface area contributed by atoms with E-state index in [4.69, 9.17) is 14.2 Å². The summed E-state index contributed by atoms with van der Waals surface area (Å²) in [5, 5.41) is 0. The summed E-state index contributed by atoms with van der Waals surface area (Å²) in [6.45, 7) is 2.41. The zero-order valence-corrected chi connectivity index (χ0v) is 17.9. The molecular weight excluding hydrogens is 380 g/mol. The number of rotatable bonds is 14. The van der Waals surface area contributed by atoms with Crippen molar-refractivity contribution in [3.8, 4) is 0 Å². The van der Waals surface area contributed by atoms with E-state index in [0.717, 1.165) is 18.4 Å². The average Bonchev–Trinajstić information content (AvgIpc) is 2.75. The van der Waals surface area contributed by atoms with Crippen molar-refractivity contribution in [2.24, 2.45) is 0 Å². The highest BCUT2D eigenvalue weighted by atomic mass is 16.5. The molecule has 0 radical (unpaired) electrons. The number of hydrogen-bond donors (Lipinski definition) is 0. The summed E-state index contributed by atoms with van der Waals surface area (Å²) in [5.74, 6) is -0.354. The number of Topliss-reactive ketones (excluding diaryl/α,β-unsaturated/α-hetero) is 1. The predicted molar refractivity (Wildman–Crippen MR) is 116 cm³/mol. The molecule has 0 fully saturated rings. The standard InChI is InChI=1S/C25H32O5/c1-20(26)17-24(15-16-29-19-22-11-7-4-8-12-22)30-25(27)18-23(28-2)14-13-21-9-5-3-6-10-21/h3-12,23-24H,13-19H2,1-2H3. The first-order valence-electron chi connectivity index (χ1n) is 10.4. The van der Waals surface area contributed by atoms with E-state index in [1.807, 2.05) is 48.5 Å². The maximum Gasteiger partial charge on any atom is 0.308 e. The zero-order chi connectivity index (χ0) is 21.6. The van der Waals surface area contributed by atoms with Gasteiger partial charge >= 0.3 is 5.97 Å². The van der Waals surface area contributed by atoms with Gasteiger partial charge in [0.2, 0.25) is 0 Å². The van der Waals surface area contributed by atoms with Crippen LogP contribution in [0.1, 0.15) is 43.7 Å². The van der Waals surface area contributed by atoms with Gasteiger partial charge in [-0.25, -0.2) is 0 Å². The quantitative estimate of drug-likeness (QED) is 0.337. The van der Waals surface area contributed by atoms with Gasteiger partial charge in [-0.15, -0.1) is 0 Å². The van der Waals surface area contributed by atoms with Crippen LogP contribution in [0.5, 0.6) is 0 Å². The van der Waals surface area contributed by atoms with Crippen molar-refractivity contribution in [2.45, 2.75) is 57.8 Å². The van der Waals surface area contributed by atoms with Crippen LogP contribution in [0.3, 0.4) is 0 Å². The van der Waals surface area contributed by atoms with Crippen LogP contribution >= 0.6 is 0 Å². The number of hydrogen-bond acceptors (Lipinski definition) is 5. The van der Waals surface area contributed by atoms with Crippen molar-refractivity contribution in [2.75, 3.05) is 13.7 Å². The van der Waals surface area contributed by atoms with Crippen LogP contribution in [0.2, 0.25) is 0 Å². The fraction of sp³-hybridized carbons (Fsp3) is 0.440. The Morgan fingerprint density at radius 3 is 2.07 bits per heavy atom. The van der Waals surface area contributed by atoms with Crippen LogP contribution in [-0.2, 0) is 36.8 Å². The van der Waals surface area contributed by atoms with Crippen LogP contribution in [0, 0.1) is 0 Å². The molecule has 2 unspecified atom stereocenters. The normalized spacial score (nSPS) is 12.9. The number of carbonyl (C=O) groups excluding carboxylic acids is 2. The van der Waals surface area contributed by atoms with Crippen molar-refractivity contribution in [3.05, 3.63) is 71.8 Å². The second kappa shape index (κ2) is 13.7. The first-order valence-corrected chi connectivity index (χ1v) is 10.4. The maximum absolute atomic E-state index is 12.4. The molecule has 0 spiro atoms. The molecule has 5 nitrogen and oxygen atoms in total. The van der Waals surface area contributed by atoms with Gasteiger partial charge in [0, 0.05) is 20.0 Å². The fourth-order valence-electron chi connectivity index (χ4n) is 3.20. The minimum Gasteiger partial charge on any atom is -0.462 e. The summed E-state index contributed by atoms with van der Waals surface area (Å²) in [6.07, 6.45) is 1.72. The van der Waals surface area contributed by atoms with Crippen LogP contribution in [0.25, 0.3) is 0 Å². The molecule has 0 aromatic heterocycles.